The van der Waals surface area contributed by atoms with Crippen LogP contribution in [-0.2, 0) is 17.1 Å². The van der Waals surface area contributed by atoms with Crippen LogP contribution in [0.5, 0.6) is 0 Å². The van der Waals surface area contributed by atoms with E-state index in [1.807, 2.05) is 0 Å². The van der Waals surface area contributed by atoms with E-state index < -0.39 is 20.7 Å². The Labute approximate surface area is 110 Å². The molecule has 0 radical (unpaired) electrons. The zero-order valence-electron chi connectivity index (χ0n) is 10.4. The number of hydrogen-bond donors (Lipinski definition) is 2. The second-order valence-electron chi connectivity index (χ2n) is 4.06. The van der Waals surface area contributed by atoms with Crippen LogP contribution >= 0.6 is 0 Å². The molecule has 6 nitrogen and oxygen atoms in total. The Balaban J connectivity index is 2.47. The molecule has 0 atom stereocenters. The van der Waals surface area contributed by atoms with Gasteiger partial charge in [0.25, 0.3) is 10.0 Å². The highest BCUT2D eigenvalue weighted by molar-refractivity contribution is 7.92. The third-order valence-electron chi connectivity index (χ3n) is 2.51. The molecule has 3 N–H and O–H groups in total. The maximum absolute atomic E-state index is 13.6. The second kappa shape index (κ2) is 4.54. The Bertz CT molecular complexity index is 704. The summed E-state index contributed by atoms with van der Waals surface area (Å²) in [7, 11) is -2.52. The molecule has 0 aliphatic heterocycles. The number of benzene rings is 1. The number of aromatic nitrogens is 2. The third-order valence-corrected chi connectivity index (χ3v) is 3.95. The van der Waals surface area contributed by atoms with Crippen LogP contribution in [0.2, 0.25) is 0 Å². The summed E-state index contributed by atoms with van der Waals surface area (Å²) in [5.74, 6) is -0.661. The van der Waals surface area contributed by atoms with Crippen molar-refractivity contribution in [3.05, 3.63) is 35.8 Å². The van der Waals surface area contributed by atoms with E-state index in [0.29, 0.717) is 5.69 Å². The largest absolute Gasteiger partial charge is 0.398 e. The van der Waals surface area contributed by atoms with E-state index in [-0.39, 0.29) is 11.5 Å². The highest BCUT2D eigenvalue weighted by Crippen LogP contribution is 2.24. The van der Waals surface area contributed by atoms with E-state index in [9.17, 15) is 12.8 Å². The number of nitrogens with one attached hydrogen (secondary N) is 1. The van der Waals surface area contributed by atoms with Crippen LogP contribution in [0.25, 0.3) is 0 Å². The molecular weight excluding hydrogens is 271 g/mol. The monoisotopic (exact) mass is 284 g/mol. The highest BCUT2D eigenvalue weighted by Gasteiger charge is 2.23. The lowest BCUT2D eigenvalue weighted by Crippen LogP contribution is -2.18. The maximum atomic E-state index is 13.6. The van der Waals surface area contributed by atoms with Crippen molar-refractivity contribution in [3.8, 4) is 0 Å². The van der Waals surface area contributed by atoms with Gasteiger partial charge in [-0.15, -0.1) is 0 Å². The van der Waals surface area contributed by atoms with Gasteiger partial charge in [-0.05, 0) is 19.1 Å². The fourth-order valence-electron chi connectivity index (χ4n) is 1.70. The topological polar surface area (TPSA) is 90.0 Å². The van der Waals surface area contributed by atoms with Crippen molar-refractivity contribution >= 4 is 21.5 Å². The molecular formula is C11H13FN4O2S. The van der Waals surface area contributed by atoms with Gasteiger partial charge in [-0.3, -0.25) is 9.40 Å². The molecule has 1 aromatic heterocycles. The first kappa shape index (κ1) is 13.3. The zero-order valence-corrected chi connectivity index (χ0v) is 11.2. The summed E-state index contributed by atoms with van der Waals surface area (Å²) >= 11 is 0. The fourth-order valence-corrected chi connectivity index (χ4v) is 2.98. The van der Waals surface area contributed by atoms with Crippen molar-refractivity contribution in [1.82, 2.24) is 9.78 Å². The van der Waals surface area contributed by atoms with Crippen LogP contribution in [0.3, 0.4) is 0 Å². The predicted molar refractivity (Wildman–Crippen MR) is 69.6 cm³/mol. The van der Waals surface area contributed by atoms with Gasteiger partial charge >= 0.3 is 0 Å². The SMILES string of the molecule is Cc1cc(NS(=O)(=O)c2c(N)cccc2F)n(C)n1. The van der Waals surface area contributed by atoms with Crippen molar-refractivity contribution < 1.29 is 12.8 Å². The Morgan fingerprint density at radius 2 is 2.11 bits per heavy atom. The molecule has 0 saturated heterocycles. The first-order valence-corrected chi connectivity index (χ1v) is 6.87. The number of rotatable bonds is 3. The van der Waals surface area contributed by atoms with Crippen LogP contribution < -0.4 is 10.5 Å². The van der Waals surface area contributed by atoms with Crippen LogP contribution in [0.15, 0.2) is 29.2 Å². The number of sulfonamides is 1. The van der Waals surface area contributed by atoms with Crippen molar-refractivity contribution in [3.63, 3.8) is 0 Å². The van der Waals surface area contributed by atoms with Crippen molar-refractivity contribution in [2.24, 2.45) is 7.05 Å². The Hall–Kier alpha value is -2.09. The molecule has 102 valence electrons. The number of nitrogen functional groups attached to an aromatic ring is 1. The summed E-state index contributed by atoms with van der Waals surface area (Å²) in [6.07, 6.45) is 0. The normalized spacial score (nSPS) is 11.5. The van der Waals surface area contributed by atoms with Gasteiger partial charge in [-0.25, -0.2) is 12.8 Å². The molecule has 2 aromatic rings. The molecule has 0 fully saturated rings. The van der Waals surface area contributed by atoms with Gasteiger partial charge in [0.05, 0.1) is 11.4 Å². The first-order chi connectivity index (χ1) is 8.81. The van der Waals surface area contributed by atoms with Gasteiger partial charge in [0, 0.05) is 13.1 Å². The van der Waals surface area contributed by atoms with Gasteiger partial charge in [0.15, 0.2) is 0 Å². The van der Waals surface area contributed by atoms with Gasteiger partial charge in [-0.2, -0.15) is 5.10 Å². The lowest BCUT2D eigenvalue weighted by atomic mass is 10.3. The van der Waals surface area contributed by atoms with Crippen molar-refractivity contribution in [2.75, 3.05) is 10.5 Å². The molecule has 0 aliphatic carbocycles. The quantitative estimate of drug-likeness (QED) is 0.830. The second-order valence-corrected chi connectivity index (χ2v) is 5.68. The average molecular weight is 284 g/mol. The summed E-state index contributed by atoms with van der Waals surface area (Å²) in [6, 6.07) is 5.25. The maximum Gasteiger partial charge on any atom is 0.268 e. The lowest BCUT2D eigenvalue weighted by molar-refractivity contribution is 0.571. The summed E-state index contributed by atoms with van der Waals surface area (Å²) in [5.41, 5.74) is 6.02. The van der Waals surface area contributed by atoms with E-state index in [2.05, 4.69) is 9.82 Å². The minimum atomic E-state index is -4.09. The number of aryl methyl sites for hydroxylation is 2. The van der Waals surface area contributed by atoms with Gasteiger partial charge in [0.1, 0.15) is 16.5 Å². The fraction of sp³-hybridized carbons (Fsp3) is 0.182. The van der Waals surface area contributed by atoms with Crippen molar-refractivity contribution in [2.45, 2.75) is 11.8 Å². The number of nitrogens with zero attached hydrogens (tertiary/aromatic N) is 2. The highest BCUT2D eigenvalue weighted by atomic mass is 32.2. The summed E-state index contributed by atoms with van der Waals surface area (Å²) in [4.78, 5) is -0.561. The molecule has 2 rings (SSSR count). The Morgan fingerprint density at radius 1 is 1.42 bits per heavy atom. The third kappa shape index (κ3) is 2.53. The average Bonchev–Trinajstić information content (AvgIpc) is 2.55. The number of nitrogens with two attached hydrogens (primary N) is 1. The van der Waals surface area contributed by atoms with Gasteiger partial charge in [0.2, 0.25) is 0 Å². The minimum Gasteiger partial charge on any atom is -0.398 e. The van der Waals surface area contributed by atoms with E-state index in [1.165, 1.54) is 22.9 Å². The van der Waals surface area contributed by atoms with E-state index in [4.69, 9.17) is 5.73 Å². The zero-order chi connectivity index (χ0) is 14.2. The minimum absolute atomic E-state index is 0.147. The van der Waals surface area contributed by atoms with Crippen LogP contribution in [0.1, 0.15) is 5.69 Å². The molecule has 8 heteroatoms. The predicted octanol–water partition coefficient (Wildman–Crippen LogP) is 1.25. The number of anilines is 2. The Kier molecular flexibility index (Phi) is 3.19. The molecule has 1 heterocycles. The number of halogens is 1. The Morgan fingerprint density at radius 3 is 2.63 bits per heavy atom. The van der Waals surface area contributed by atoms with E-state index in [1.54, 1.807) is 14.0 Å². The molecule has 0 bridgehead atoms. The molecule has 0 amide bonds. The van der Waals surface area contributed by atoms with Crippen LogP contribution in [-0.4, -0.2) is 18.2 Å². The molecule has 1 aromatic carbocycles. The van der Waals surface area contributed by atoms with Crippen molar-refractivity contribution in [1.29, 1.82) is 0 Å². The standard InChI is InChI=1S/C11H13FN4O2S/c1-7-6-10(16(2)14-7)15-19(17,18)11-8(12)4-3-5-9(11)13/h3-6,15H,13H2,1-2H3. The molecule has 0 unspecified atom stereocenters. The molecule has 0 aliphatic rings. The van der Waals surface area contributed by atoms with E-state index >= 15 is 0 Å². The number of hydrogen-bond acceptors (Lipinski definition) is 4. The summed E-state index contributed by atoms with van der Waals surface area (Å²) in [5, 5.41) is 4.00. The summed E-state index contributed by atoms with van der Waals surface area (Å²) in [6.45, 7) is 1.72. The smallest absolute Gasteiger partial charge is 0.268 e. The molecule has 19 heavy (non-hydrogen) atoms. The summed E-state index contributed by atoms with van der Waals surface area (Å²) < 4.78 is 41.5. The van der Waals surface area contributed by atoms with Gasteiger partial charge < -0.3 is 5.73 Å². The molecule has 0 spiro atoms. The molecule has 0 saturated carbocycles. The lowest BCUT2D eigenvalue weighted by Gasteiger charge is -2.10. The first-order valence-electron chi connectivity index (χ1n) is 5.39. The van der Waals surface area contributed by atoms with Gasteiger partial charge in [-0.1, -0.05) is 6.07 Å². The van der Waals surface area contributed by atoms with E-state index in [0.717, 1.165) is 6.07 Å². The van der Waals surface area contributed by atoms with Crippen LogP contribution in [0, 0.1) is 12.7 Å². The van der Waals surface area contributed by atoms with Crippen LogP contribution in [0.4, 0.5) is 15.9 Å².